The molecule has 0 radical (unpaired) electrons. The number of likely N-dealkylation sites (tertiary alicyclic amines) is 1. The molecule has 1 N–H and O–H groups in total. The van der Waals surface area contributed by atoms with Crippen molar-refractivity contribution < 1.29 is 9.53 Å². The molecule has 6 nitrogen and oxygen atoms in total. The third-order valence-electron chi connectivity index (χ3n) is 6.58. The molecule has 0 bridgehead atoms. The number of benzene rings is 2. The number of aromatic amines is 1. The van der Waals surface area contributed by atoms with Gasteiger partial charge in [-0.3, -0.25) is 14.5 Å². The first-order valence-electron chi connectivity index (χ1n) is 11.7. The third-order valence-corrected chi connectivity index (χ3v) is 6.90. The second kappa shape index (κ2) is 10.8. The van der Waals surface area contributed by atoms with Crippen molar-refractivity contribution in [2.24, 2.45) is 5.92 Å². The standard InChI is InChI=1S/C26H32N4O2S/c1-19-3-9-22(10-4-19)25-27-28-26(33)30(25)18-15-24(31)29-16-13-21(14-17-29)6-5-20-7-11-23(32-2)12-8-20/h3-4,7-12,21H,5-6,13-18H2,1-2H3,(H,28,33). The van der Waals surface area contributed by atoms with Gasteiger partial charge in [-0.25, -0.2) is 0 Å². The first kappa shape index (κ1) is 23.2. The summed E-state index contributed by atoms with van der Waals surface area (Å²) in [5, 5.41) is 7.26. The molecule has 2 heterocycles. The molecule has 2 aromatic carbocycles. The molecule has 0 unspecified atom stereocenters. The number of piperidine rings is 1. The monoisotopic (exact) mass is 464 g/mol. The number of hydrogen-bond acceptors (Lipinski definition) is 4. The second-order valence-electron chi connectivity index (χ2n) is 8.83. The predicted octanol–water partition coefficient (Wildman–Crippen LogP) is 5.19. The van der Waals surface area contributed by atoms with Crippen molar-refractivity contribution in [1.82, 2.24) is 19.7 Å². The second-order valence-corrected chi connectivity index (χ2v) is 9.22. The van der Waals surface area contributed by atoms with Crippen LogP contribution in [-0.2, 0) is 17.8 Å². The summed E-state index contributed by atoms with van der Waals surface area (Å²) in [7, 11) is 1.69. The van der Waals surface area contributed by atoms with E-state index in [1.807, 2.05) is 33.7 Å². The number of amides is 1. The molecule has 174 valence electrons. The SMILES string of the molecule is COc1ccc(CCC2CCN(C(=O)CCn3c(-c4ccc(C)cc4)n[nH]c3=S)CC2)cc1. The van der Waals surface area contributed by atoms with Crippen LogP contribution in [0, 0.1) is 17.6 Å². The highest BCUT2D eigenvalue weighted by Crippen LogP contribution is 2.24. The molecule has 1 aromatic heterocycles. The van der Waals surface area contributed by atoms with Gasteiger partial charge in [0.1, 0.15) is 5.75 Å². The van der Waals surface area contributed by atoms with Crippen LogP contribution in [0.1, 0.15) is 36.8 Å². The van der Waals surface area contributed by atoms with Gasteiger partial charge in [0.2, 0.25) is 5.91 Å². The van der Waals surface area contributed by atoms with Crippen molar-refractivity contribution in [3.05, 3.63) is 64.4 Å². The number of carbonyl (C=O) groups is 1. The van der Waals surface area contributed by atoms with Crippen molar-refractivity contribution in [2.75, 3.05) is 20.2 Å². The normalized spacial score (nSPS) is 14.4. The van der Waals surface area contributed by atoms with Gasteiger partial charge in [-0.15, -0.1) is 0 Å². The lowest BCUT2D eigenvalue weighted by atomic mass is 9.90. The number of ether oxygens (including phenoxy) is 1. The Balaban J connectivity index is 1.25. The van der Waals surface area contributed by atoms with E-state index in [1.165, 1.54) is 17.5 Å². The van der Waals surface area contributed by atoms with Crippen LogP contribution >= 0.6 is 12.2 Å². The van der Waals surface area contributed by atoms with Crippen molar-refractivity contribution in [3.8, 4) is 17.1 Å². The minimum atomic E-state index is 0.196. The zero-order chi connectivity index (χ0) is 23.2. The van der Waals surface area contributed by atoms with Crippen LogP contribution in [0.25, 0.3) is 11.4 Å². The fraction of sp³-hybridized carbons (Fsp3) is 0.423. The summed E-state index contributed by atoms with van der Waals surface area (Å²) in [4.78, 5) is 14.9. The fourth-order valence-corrected chi connectivity index (χ4v) is 4.67. The summed E-state index contributed by atoms with van der Waals surface area (Å²) in [6.07, 6.45) is 4.81. The Hall–Kier alpha value is -2.93. The van der Waals surface area contributed by atoms with E-state index in [0.717, 1.165) is 49.5 Å². The molecule has 3 aromatic rings. The van der Waals surface area contributed by atoms with Gasteiger partial charge < -0.3 is 9.64 Å². The number of hydrogen-bond donors (Lipinski definition) is 1. The molecule has 1 saturated heterocycles. The summed E-state index contributed by atoms with van der Waals surface area (Å²) >= 11 is 5.42. The number of aryl methyl sites for hydroxylation is 2. The Bertz CT molecular complexity index is 1110. The van der Waals surface area contributed by atoms with Gasteiger partial charge >= 0.3 is 0 Å². The van der Waals surface area contributed by atoms with E-state index in [9.17, 15) is 4.79 Å². The molecule has 0 atom stereocenters. The van der Waals surface area contributed by atoms with Gasteiger partial charge in [0.25, 0.3) is 0 Å². The van der Waals surface area contributed by atoms with Gasteiger partial charge in [-0.1, -0.05) is 42.0 Å². The van der Waals surface area contributed by atoms with E-state index in [-0.39, 0.29) is 5.91 Å². The van der Waals surface area contributed by atoms with Crippen LogP contribution in [0.15, 0.2) is 48.5 Å². The average molecular weight is 465 g/mol. The van der Waals surface area contributed by atoms with Crippen molar-refractivity contribution in [2.45, 2.75) is 45.6 Å². The first-order chi connectivity index (χ1) is 16.0. The summed E-state index contributed by atoms with van der Waals surface area (Å²) in [5.41, 5.74) is 3.54. The zero-order valence-corrected chi connectivity index (χ0v) is 20.2. The van der Waals surface area contributed by atoms with E-state index in [1.54, 1.807) is 7.11 Å². The van der Waals surface area contributed by atoms with Gasteiger partial charge in [0, 0.05) is 31.6 Å². The van der Waals surface area contributed by atoms with Crippen LogP contribution in [0.2, 0.25) is 0 Å². The lowest BCUT2D eigenvalue weighted by molar-refractivity contribution is -0.132. The largest absolute Gasteiger partial charge is 0.497 e. The van der Waals surface area contributed by atoms with E-state index < -0.39 is 0 Å². The van der Waals surface area contributed by atoms with Crippen LogP contribution in [0.3, 0.4) is 0 Å². The van der Waals surface area contributed by atoms with Gasteiger partial charge in [-0.05, 0) is 68.4 Å². The molecule has 1 aliphatic heterocycles. The van der Waals surface area contributed by atoms with E-state index in [2.05, 4.69) is 41.4 Å². The lowest BCUT2D eigenvalue weighted by Gasteiger charge is -2.32. The number of carbonyl (C=O) groups excluding carboxylic acids is 1. The lowest BCUT2D eigenvalue weighted by Crippen LogP contribution is -2.38. The number of nitrogens with zero attached hydrogens (tertiary/aromatic N) is 3. The molecule has 7 heteroatoms. The summed E-state index contributed by atoms with van der Waals surface area (Å²) in [6.45, 7) is 4.28. The van der Waals surface area contributed by atoms with Gasteiger partial charge in [0.15, 0.2) is 10.6 Å². The smallest absolute Gasteiger partial charge is 0.224 e. The summed E-state index contributed by atoms with van der Waals surface area (Å²) in [5.74, 6) is 2.55. The number of methoxy groups -OCH3 is 1. The van der Waals surface area contributed by atoms with Crippen molar-refractivity contribution in [1.29, 1.82) is 0 Å². The van der Waals surface area contributed by atoms with Crippen LogP contribution < -0.4 is 4.74 Å². The number of nitrogens with one attached hydrogen (secondary N) is 1. The molecule has 0 spiro atoms. The minimum absolute atomic E-state index is 0.196. The highest BCUT2D eigenvalue weighted by molar-refractivity contribution is 7.71. The van der Waals surface area contributed by atoms with Gasteiger partial charge in [0.05, 0.1) is 7.11 Å². The highest BCUT2D eigenvalue weighted by atomic mass is 32.1. The van der Waals surface area contributed by atoms with Crippen LogP contribution in [0.4, 0.5) is 0 Å². The molecule has 33 heavy (non-hydrogen) atoms. The zero-order valence-electron chi connectivity index (χ0n) is 19.4. The topological polar surface area (TPSA) is 63.1 Å². The third kappa shape index (κ3) is 5.90. The Morgan fingerprint density at radius 1 is 1.12 bits per heavy atom. The molecule has 4 rings (SSSR count). The van der Waals surface area contributed by atoms with Crippen LogP contribution in [-0.4, -0.2) is 45.8 Å². The highest BCUT2D eigenvalue weighted by Gasteiger charge is 2.23. The van der Waals surface area contributed by atoms with Crippen molar-refractivity contribution >= 4 is 18.1 Å². The number of H-pyrrole nitrogens is 1. The maximum Gasteiger partial charge on any atom is 0.224 e. The molecule has 1 amide bonds. The van der Waals surface area contributed by atoms with Gasteiger partial charge in [-0.2, -0.15) is 5.10 Å². The maximum absolute atomic E-state index is 12.9. The molecule has 0 saturated carbocycles. The van der Waals surface area contributed by atoms with E-state index in [0.29, 0.717) is 23.7 Å². The Kier molecular flexibility index (Phi) is 7.60. The first-order valence-corrected chi connectivity index (χ1v) is 12.1. The molecule has 1 aliphatic rings. The average Bonchev–Trinajstić information content (AvgIpc) is 3.22. The molecule has 1 fully saturated rings. The Labute approximate surface area is 200 Å². The molecule has 0 aliphatic carbocycles. The van der Waals surface area contributed by atoms with Crippen LogP contribution in [0.5, 0.6) is 5.75 Å². The fourth-order valence-electron chi connectivity index (χ4n) is 4.45. The molecular formula is C26H32N4O2S. The minimum Gasteiger partial charge on any atom is -0.497 e. The van der Waals surface area contributed by atoms with E-state index in [4.69, 9.17) is 17.0 Å². The predicted molar refractivity (Wildman–Crippen MR) is 133 cm³/mol. The van der Waals surface area contributed by atoms with Crippen molar-refractivity contribution in [3.63, 3.8) is 0 Å². The molecular weight excluding hydrogens is 432 g/mol. The number of rotatable bonds is 8. The quantitative estimate of drug-likeness (QED) is 0.466. The Morgan fingerprint density at radius 2 is 1.82 bits per heavy atom. The number of aromatic nitrogens is 3. The summed E-state index contributed by atoms with van der Waals surface area (Å²) in [6, 6.07) is 16.5. The summed E-state index contributed by atoms with van der Waals surface area (Å²) < 4.78 is 7.71. The Morgan fingerprint density at radius 3 is 2.48 bits per heavy atom. The van der Waals surface area contributed by atoms with E-state index >= 15 is 0 Å². The maximum atomic E-state index is 12.9.